The third-order valence-electron chi connectivity index (χ3n) is 5.13. The molecule has 3 aromatic carbocycles. The Morgan fingerprint density at radius 2 is 1.47 bits per heavy atom. The van der Waals surface area contributed by atoms with Crippen molar-refractivity contribution in [2.75, 3.05) is 0 Å². The van der Waals surface area contributed by atoms with E-state index in [-0.39, 0.29) is 16.6 Å². The number of para-hydroxylation sites is 3. The summed E-state index contributed by atoms with van der Waals surface area (Å²) in [5.41, 5.74) is 2.62. The maximum Gasteiger partial charge on any atom is 0.191 e. The maximum atomic E-state index is 13.2. The summed E-state index contributed by atoms with van der Waals surface area (Å²) in [5.74, 6) is 0.851. The van der Waals surface area contributed by atoms with Crippen molar-refractivity contribution in [1.29, 1.82) is 0 Å². The van der Waals surface area contributed by atoms with Crippen LogP contribution in [0.1, 0.15) is 58.2 Å². The van der Waals surface area contributed by atoms with Gasteiger partial charge in [0.15, 0.2) is 17.2 Å². The smallest absolute Gasteiger partial charge is 0.191 e. The lowest BCUT2D eigenvalue weighted by molar-refractivity contribution is 0.339. The molecule has 32 heavy (non-hydrogen) atoms. The Morgan fingerprint density at radius 1 is 0.844 bits per heavy atom. The Bertz CT molecular complexity index is 1140. The third-order valence-corrected chi connectivity index (χ3v) is 5.73. The number of benzene rings is 3. The van der Waals surface area contributed by atoms with Gasteiger partial charge >= 0.3 is 0 Å². The van der Waals surface area contributed by atoms with Crippen molar-refractivity contribution >= 4 is 35.1 Å². The topological polar surface area (TPSA) is 41.5 Å². The number of ether oxygens (including phenoxy) is 1. The molecule has 1 radical (unpaired) electrons. The molecule has 3 aromatic rings. The van der Waals surface area contributed by atoms with Crippen molar-refractivity contribution in [1.82, 2.24) is 0 Å². The van der Waals surface area contributed by atoms with E-state index in [0.29, 0.717) is 32.8 Å². The summed E-state index contributed by atoms with van der Waals surface area (Å²) < 4.78 is 5.99. The van der Waals surface area contributed by atoms with E-state index in [4.69, 9.17) is 27.9 Å². The highest BCUT2D eigenvalue weighted by atomic mass is 35.5. The molecule has 0 fully saturated rings. The highest BCUT2D eigenvalue weighted by Crippen LogP contribution is 2.40. The normalized spacial score (nSPS) is 12.4. The Morgan fingerprint density at radius 3 is 2.06 bits per heavy atom. The van der Waals surface area contributed by atoms with Gasteiger partial charge < -0.3 is 4.74 Å². The second-order valence-electron chi connectivity index (χ2n) is 9.82. The largest absolute Gasteiger partial charge is 0.452 e. The molecular weight excluding hydrogens is 441 g/mol. The number of halogens is 2. The van der Waals surface area contributed by atoms with Crippen LogP contribution in [0.15, 0.2) is 59.6 Å². The number of hydrogen-bond acceptors (Lipinski definition) is 2. The summed E-state index contributed by atoms with van der Waals surface area (Å²) in [5, 5.41) is 14.0. The van der Waals surface area contributed by atoms with Crippen LogP contribution in [-0.4, -0.2) is 6.21 Å². The highest BCUT2D eigenvalue weighted by molar-refractivity contribution is 6.37. The first-order valence-electron chi connectivity index (χ1n) is 10.5. The lowest BCUT2D eigenvalue weighted by Gasteiger charge is -2.26. The minimum Gasteiger partial charge on any atom is -0.452 e. The first-order valence-corrected chi connectivity index (χ1v) is 11.2. The molecule has 0 aliphatic carbocycles. The minimum absolute atomic E-state index is 0.0122. The fourth-order valence-corrected chi connectivity index (χ4v) is 3.69. The van der Waals surface area contributed by atoms with Crippen molar-refractivity contribution in [3.63, 3.8) is 0 Å². The van der Waals surface area contributed by atoms with Crippen LogP contribution in [0.3, 0.4) is 0 Å². The predicted octanol–water partition coefficient (Wildman–Crippen LogP) is 9.28. The lowest BCUT2D eigenvalue weighted by atomic mass is 9.79. The first-order chi connectivity index (χ1) is 14.9. The SMILES string of the molecule is CC(C)(C)c1cc(C=Nc2ccccc2Oc2c(Cl)cccc2Cl)c([O])c(C(C)(C)C)c1. The zero-order chi connectivity index (χ0) is 23.7. The molecule has 3 nitrogen and oxygen atoms in total. The number of rotatable bonds is 4. The third kappa shape index (κ3) is 5.46. The molecule has 0 amide bonds. The predicted molar refractivity (Wildman–Crippen MR) is 134 cm³/mol. The summed E-state index contributed by atoms with van der Waals surface area (Å²) in [7, 11) is 0. The van der Waals surface area contributed by atoms with Gasteiger partial charge in [0.05, 0.1) is 10.0 Å². The molecule has 167 valence electrons. The van der Waals surface area contributed by atoms with Gasteiger partial charge in [-0.1, -0.05) is 89.0 Å². The average molecular weight is 469 g/mol. The monoisotopic (exact) mass is 468 g/mol. The van der Waals surface area contributed by atoms with Crippen molar-refractivity contribution in [2.45, 2.75) is 52.4 Å². The Labute approximate surface area is 200 Å². The van der Waals surface area contributed by atoms with Gasteiger partial charge in [-0.25, -0.2) is 0 Å². The Balaban J connectivity index is 2.05. The summed E-state index contributed by atoms with van der Waals surface area (Å²) in [6.07, 6.45) is 1.61. The van der Waals surface area contributed by atoms with Gasteiger partial charge in [0, 0.05) is 17.3 Å². The quantitative estimate of drug-likeness (QED) is 0.351. The van der Waals surface area contributed by atoms with Crippen LogP contribution in [0.4, 0.5) is 5.69 Å². The van der Waals surface area contributed by atoms with Gasteiger partial charge in [0.25, 0.3) is 0 Å². The second-order valence-corrected chi connectivity index (χ2v) is 10.6. The van der Waals surface area contributed by atoms with Crippen LogP contribution < -0.4 is 4.74 Å². The zero-order valence-electron chi connectivity index (χ0n) is 19.3. The fourth-order valence-electron chi connectivity index (χ4n) is 3.22. The Kier molecular flexibility index (Phi) is 6.92. The molecule has 0 spiro atoms. The molecule has 5 heteroatoms. The van der Waals surface area contributed by atoms with E-state index in [1.165, 1.54) is 0 Å². The van der Waals surface area contributed by atoms with Gasteiger partial charge in [-0.05, 0) is 46.7 Å². The molecule has 0 saturated carbocycles. The van der Waals surface area contributed by atoms with Crippen LogP contribution in [0.5, 0.6) is 17.2 Å². The molecule has 0 aromatic heterocycles. The van der Waals surface area contributed by atoms with E-state index < -0.39 is 0 Å². The van der Waals surface area contributed by atoms with Crippen molar-refractivity contribution in [3.05, 3.63) is 81.3 Å². The lowest BCUT2D eigenvalue weighted by Crippen LogP contribution is -2.17. The second kappa shape index (κ2) is 9.17. The molecule has 0 N–H and O–H groups in total. The van der Waals surface area contributed by atoms with Gasteiger partial charge in [0.1, 0.15) is 5.69 Å². The number of aliphatic imine (C=N–C) groups is 1. The Hall–Kier alpha value is -2.49. The summed E-state index contributed by atoms with van der Waals surface area (Å²) >= 11 is 12.5. The summed E-state index contributed by atoms with van der Waals surface area (Å²) in [6.45, 7) is 12.6. The van der Waals surface area contributed by atoms with Crippen LogP contribution in [0.2, 0.25) is 10.0 Å². The van der Waals surface area contributed by atoms with Crippen molar-refractivity contribution < 1.29 is 9.84 Å². The molecule has 0 aliphatic heterocycles. The molecule has 3 rings (SSSR count). The van der Waals surface area contributed by atoms with E-state index in [1.54, 1.807) is 30.5 Å². The molecule has 0 saturated heterocycles. The van der Waals surface area contributed by atoms with Crippen LogP contribution in [0.25, 0.3) is 0 Å². The van der Waals surface area contributed by atoms with Crippen molar-refractivity contribution in [2.24, 2.45) is 4.99 Å². The van der Waals surface area contributed by atoms with E-state index in [1.807, 2.05) is 51.1 Å². The van der Waals surface area contributed by atoms with E-state index in [9.17, 15) is 5.11 Å². The van der Waals surface area contributed by atoms with Gasteiger partial charge in [-0.15, -0.1) is 0 Å². The summed E-state index contributed by atoms with van der Waals surface area (Å²) in [4.78, 5) is 4.60. The van der Waals surface area contributed by atoms with Crippen LogP contribution >= 0.6 is 23.2 Å². The first kappa shape index (κ1) is 24.2. The standard InChI is InChI=1S/C27H28Cl2NO2/c1-26(2,3)18-14-17(24(31)19(15-18)27(4,5)6)16-30-22-12-7-8-13-23(22)32-25-20(28)10-9-11-21(25)29/h7-16H,1-6H3. The average Bonchev–Trinajstić information content (AvgIpc) is 2.69. The molecule has 0 atom stereocenters. The van der Waals surface area contributed by atoms with Gasteiger partial charge in [0.2, 0.25) is 0 Å². The fraction of sp³-hybridized carbons (Fsp3) is 0.296. The van der Waals surface area contributed by atoms with Crippen LogP contribution in [-0.2, 0) is 15.9 Å². The van der Waals surface area contributed by atoms with E-state index in [0.717, 1.165) is 11.1 Å². The minimum atomic E-state index is -0.275. The van der Waals surface area contributed by atoms with Gasteiger partial charge in [-0.2, -0.15) is 0 Å². The molecule has 0 heterocycles. The van der Waals surface area contributed by atoms with E-state index in [2.05, 4.69) is 25.8 Å². The van der Waals surface area contributed by atoms with E-state index >= 15 is 0 Å². The molecule has 0 unspecified atom stereocenters. The molecular formula is C27H28Cl2NO2. The number of nitrogens with zero attached hydrogens (tertiary/aromatic N) is 1. The van der Waals surface area contributed by atoms with Crippen LogP contribution in [0, 0.1) is 0 Å². The maximum absolute atomic E-state index is 13.2. The van der Waals surface area contributed by atoms with Gasteiger partial charge in [-0.3, -0.25) is 10.1 Å². The molecule has 0 aliphatic rings. The zero-order valence-corrected chi connectivity index (χ0v) is 20.8. The highest BCUT2D eigenvalue weighted by Gasteiger charge is 2.25. The number of hydrogen-bond donors (Lipinski definition) is 0. The van der Waals surface area contributed by atoms with Crippen molar-refractivity contribution in [3.8, 4) is 17.2 Å². The summed E-state index contributed by atoms with van der Waals surface area (Å²) in [6, 6.07) is 16.4. The molecule has 0 bridgehead atoms.